The SMILES string of the molecule is COC(=O)CC[C@@H](C)[C@H]1CC[C@H]2[C@@H]3CC[C@@H]4C[C@H](O)[C@@H](O)C[C@]4(C)[C@H]3CC[C@]12C. The predicted octanol–water partition coefficient (Wildman–Crippen LogP) is 4.57. The van der Waals surface area contributed by atoms with Crippen molar-refractivity contribution in [1.29, 1.82) is 0 Å². The molecule has 4 nitrogen and oxygen atoms in total. The molecule has 0 spiro atoms. The van der Waals surface area contributed by atoms with Crippen LogP contribution < -0.4 is 0 Å². The number of aliphatic hydroxyl groups excluding tert-OH is 2. The molecule has 4 aliphatic carbocycles. The Hall–Kier alpha value is -0.610. The minimum absolute atomic E-state index is 0.0791. The molecule has 4 rings (SSSR count). The van der Waals surface area contributed by atoms with Crippen LogP contribution in [0.25, 0.3) is 0 Å². The maximum atomic E-state index is 11.6. The first-order valence-electron chi connectivity index (χ1n) is 12.1. The van der Waals surface area contributed by atoms with E-state index >= 15 is 0 Å². The summed E-state index contributed by atoms with van der Waals surface area (Å²) < 4.78 is 4.87. The largest absolute Gasteiger partial charge is 0.469 e. The van der Waals surface area contributed by atoms with Crippen molar-refractivity contribution in [1.82, 2.24) is 0 Å². The zero-order valence-electron chi connectivity index (χ0n) is 18.9. The number of aliphatic hydroxyl groups is 2. The highest BCUT2D eigenvalue weighted by Crippen LogP contribution is 2.68. The Morgan fingerprint density at radius 1 is 1.03 bits per heavy atom. The standard InChI is InChI=1S/C25H42O4/c1-15(5-10-23(28)29-4)18-8-9-19-17-7-6-16-13-21(26)22(27)14-25(16,3)20(17)11-12-24(18,19)2/h15-22,26-27H,5-14H2,1-4H3/t15-,16-,17+,18-,19+,20+,21+,22+,24-,25+/m1/s1. The van der Waals surface area contributed by atoms with Crippen molar-refractivity contribution in [2.24, 2.45) is 46.3 Å². The Kier molecular flexibility index (Phi) is 5.83. The van der Waals surface area contributed by atoms with Crippen molar-refractivity contribution < 1.29 is 19.7 Å². The van der Waals surface area contributed by atoms with Gasteiger partial charge in [0, 0.05) is 6.42 Å². The number of hydrogen-bond donors (Lipinski definition) is 2. The van der Waals surface area contributed by atoms with Gasteiger partial charge in [0.25, 0.3) is 0 Å². The van der Waals surface area contributed by atoms with E-state index in [2.05, 4.69) is 20.8 Å². The molecule has 0 aromatic rings. The lowest BCUT2D eigenvalue weighted by atomic mass is 9.44. The number of esters is 1. The molecule has 4 aliphatic rings. The monoisotopic (exact) mass is 406 g/mol. The van der Waals surface area contributed by atoms with Gasteiger partial charge in [-0.25, -0.2) is 0 Å². The van der Waals surface area contributed by atoms with Crippen molar-refractivity contribution in [3.05, 3.63) is 0 Å². The van der Waals surface area contributed by atoms with Gasteiger partial charge in [0.05, 0.1) is 19.3 Å². The molecule has 10 atom stereocenters. The van der Waals surface area contributed by atoms with Crippen LogP contribution in [0.2, 0.25) is 0 Å². The summed E-state index contributed by atoms with van der Waals surface area (Å²) in [7, 11) is 1.49. The summed E-state index contributed by atoms with van der Waals surface area (Å²) in [6.07, 6.45) is 9.69. The lowest BCUT2D eigenvalue weighted by Crippen LogP contribution is -2.56. The van der Waals surface area contributed by atoms with Gasteiger partial charge in [0.1, 0.15) is 0 Å². The molecule has 4 fully saturated rings. The molecule has 0 aliphatic heterocycles. The molecule has 4 heteroatoms. The van der Waals surface area contributed by atoms with E-state index in [0.29, 0.717) is 35.5 Å². The van der Waals surface area contributed by atoms with Crippen LogP contribution in [0.3, 0.4) is 0 Å². The molecule has 0 aromatic heterocycles. The zero-order valence-corrected chi connectivity index (χ0v) is 18.9. The van der Waals surface area contributed by atoms with E-state index in [1.165, 1.54) is 45.6 Å². The quantitative estimate of drug-likeness (QED) is 0.671. The smallest absolute Gasteiger partial charge is 0.305 e. The van der Waals surface area contributed by atoms with Gasteiger partial charge >= 0.3 is 5.97 Å². The third-order valence-corrected chi connectivity index (χ3v) is 10.5. The van der Waals surface area contributed by atoms with Crippen molar-refractivity contribution in [3.8, 4) is 0 Å². The summed E-state index contributed by atoms with van der Waals surface area (Å²) in [5.74, 6) is 4.03. The number of fused-ring (bicyclic) bond motifs is 5. The lowest BCUT2D eigenvalue weighted by molar-refractivity contribution is -0.160. The maximum absolute atomic E-state index is 11.6. The molecule has 2 N–H and O–H groups in total. The molecule has 0 saturated heterocycles. The summed E-state index contributed by atoms with van der Waals surface area (Å²) in [6.45, 7) is 7.33. The lowest BCUT2D eigenvalue weighted by Gasteiger charge is -2.61. The predicted molar refractivity (Wildman–Crippen MR) is 113 cm³/mol. The van der Waals surface area contributed by atoms with Crippen molar-refractivity contribution in [2.45, 2.75) is 97.2 Å². The Balaban J connectivity index is 1.50. The highest BCUT2D eigenvalue weighted by Gasteiger charge is 2.61. The Labute approximate surface area is 176 Å². The summed E-state index contributed by atoms with van der Waals surface area (Å²) in [5, 5.41) is 20.7. The number of carbonyl (C=O) groups excluding carboxylic acids is 1. The fourth-order valence-electron chi connectivity index (χ4n) is 8.90. The highest BCUT2D eigenvalue weighted by atomic mass is 16.5. The van der Waals surface area contributed by atoms with Crippen LogP contribution in [-0.4, -0.2) is 35.5 Å². The Morgan fingerprint density at radius 2 is 1.76 bits per heavy atom. The van der Waals surface area contributed by atoms with Gasteiger partial charge in [-0.1, -0.05) is 20.8 Å². The summed E-state index contributed by atoms with van der Waals surface area (Å²) in [6, 6.07) is 0. The normalized spacial score (nSPS) is 50.2. The fraction of sp³-hybridized carbons (Fsp3) is 0.960. The molecular formula is C25H42O4. The summed E-state index contributed by atoms with van der Waals surface area (Å²) >= 11 is 0. The molecule has 0 heterocycles. The van der Waals surface area contributed by atoms with Crippen molar-refractivity contribution >= 4 is 5.97 Å². The fourth-order valence-corrected chi connectivity index (χ4v) is 8.90. The molecule has 0 radical (unpaired) electrons. The van der Waals surface area contributed by atoms with E-state index < -0.39 is 12.2 Å². The van der Waals surface area contributed by atoms with Gasteiger partial charge in [-0.3, -0.25) is 4.79 Å². The first-order chi connectivity index (χ1) is 13.7. The van der Waals surface area contributed by atoms with Crippen molar-refractivity contribution in [3.63, 3.8) is 0 Å². The first kappa shape index (κ1) is 21.6. The van der Waals surface area contributed by atoms with Crippen LogP contribution in [0.15, 0.2) is 0 Å². The molecule has 0 unspecified atom stereocenters. The minimum atomic E-state index is -0.544. The molecule has 0 amide bonds. The second kappa shape index (κ2) is 7.82. The highest BCUT2D eigenvalue weighted by molar-refractivity contribution is 5.69. The van der Waals surface area contributed by atoms with Crippen LogP contribution in [0.1, 0.15) is 85.0 Å². The van der Waals surface area contributed by atoms with Crippen molar-refractivity contribution in [2.75, 3.05) is 7.11 Å². The first-order valence-corrected chi connectivity index (χ1v) is 12.1. The van der Waals surface area contributed by atoms with E-state index in [-0.39, 0.29) is 11.4 Å². The van der Waals surface area contributed by atoms with Crippen LogP contribution >= 0.6 is 0 Å². The third-order valence-electron chi connectivity index (χ3n) is 10.5. The second-order valence-corrected chi connectivity index (χ2v) is 11.6. The molecular weight excluding hydrogens is 364 g/mol. The van der Waals surface area contributed by atoms with E-state index in [1.807, 2.05) is 0 Å². The number of hydrogen-bond acceptors (Lipinski definition) is 4. The van der Waals surface area contributed by atoms with Crippen LogP contribution in [0.4, 0.5) is 0 Å². The van der Waals surface area contributed by atoms with Crippen LogP contribution in [-0.2, 0) is 9.53 Å². The van der Waals surface area contributed by atoms with E-state index in [9.17, 15) is 15.0 Å². The van der Waals surface area contributed by atoms with Gasteiger partial charge < -0.3 is 14.9 Å². The molecule has 0 aromatic carbocycles. The van der Waals surface area contributed by atoms with Gasteiger partial charge in [-0.15, -0.1) is 0 Å². The van der Waals surface area contributed by atoms with Crippen LogP contribution in [0.5, 0.6) is 0 Å². The third kappa shape index (κ3) is 3.46. The number of rotatable bonds is 4. The zero-order chi connectivity index (χ0) is 21.0. The van der Waals surface area contributed by atoms with E-state index in [4.69, 9.17) is 4.74 Å². The molecule has 29 heavy (non-hydrogen) atoms. The van der Waals surface area contributed by atoms with E-state index in [1.54, 1.807) is 0 Å². The molecule has 0 bridgehead atoms. The number of methoxy groups -OCH3 is 1. The summed E-state index contributed by atoms with van der Waals surface area (Å²) in [4.78, 5) is 11.6. The second-order valence-electron chi connectivity index (χ2n) is 11.6. The molecule has 4 saturated carbocycles. The maximum Gasteiger partial charge on any atom is 0.305 e. The van der Waals surface area contributed by atoms with Gasteiger partial charge in [-0.05, 0) is 104 Å². The Bertz CT molecular complexity index is 620. The number of ether oxygens (including phenoxy) is 1. The van der Waals surface area contributed by atoms with Gasteiger partial charge in [0.2, 0.25) is 0 Å². The van der Waals surface area contributed by atoms with E-state index in [0.717, 1.165) is 31.1 Å². The average molecular weight is 407 g/mol. The average Bonchev–Trinajstić information content (AvgIpc) is 3.04. The Morgan fingerprint density at radius 3 is 2.48 bits per heavy atom. The van der Waals surface area contributed by atoms with Gasteiger partial charge in [-0.2, -0.15) is 0 Å². The minimum Gasteiger partial charge on any atom is -0.469 e. The van der Waals surface area contributed by atoms with Gasteiger partial charge in [0.15, 0.2) is 0 Å². The summed E-state index contributed by atoms with van der Waals surface area (Å²) in [5.41, 5.74) is 0.587. The number of carbonyl (C=O) groups is 1. The molecule has 166 valence electrons. The van der Waals surface area contributed by atoms with Crippen LogP contribution in [0, 0.1) is 46.3 Å². The topological polar surface area (TPSA) is 66.8 Å².